The third kappa shape index (κ3) is 4.02. The van der Waals surface area contributed by atoms with Crippen molar-refractivity contribution in [1.29, 1.82) is 0 Å². The first-order valence-electron chi connectivity index (χ1n) is 7.39. The van der Waals surface area contributed by atoms with Crippen LogP contribution < -0.4 is 5.32 Å². The first-order valence-corrected chi connectivity index (χ1v) is 8.21. The Labute approximate surface area is 130 Å². The van der Waals surface area contributed by atoms with Crippen LogP contribution in [-0.2, 0) is 16.0 Å². The number of methoxy groups -OCH3 is 1. The van der Waals surface area contributed by atoms with Gasteiger partial charge in [0.25, 0.3) is 0 Å². The lowest BCUT2D eigenvalue weighted by Crippen LogP contribution is -2.44. The number of hydrogen-bond acceptors (Lipinski definition) is 5. The monoisotopic (exact) mass is 311 g/mol. The van der Waals surface area contributed by atoms with E-state index in [2.05, 4.69) is 29.0 Å². The summed E-state index contributed by atoms with van der Waals surface area (Å²) in [5.74, 6) is 0.0288. The van der Waals surface area contributed by atoms with Gasteiger partial charge in [0.05, 0.1) is 29.3 Å². The summed E-state index contributed by atoms with van der Waals surface area (Å²) in [6.07, 6.45) is 0.416. The Morgan fingerprint density at radius 1 is 1.48 bits per heavy atom. The molecule has 118 valence electrons. The van der Waals surface area contributed by atoms with Gasteiger partial charge in [0.15, 0.2) is 0 Å². The van der Waals surface area contributed by atoms with E-state index in [1.54, 1.807) is 18.4 Å². The molecule has 0 spiro atoms. The van der Waals surface area contributed by atoms with Crippen molar-refractivity contribution >= 4 is 17.2 Å². The Bertz CT molecular complexity index is 501. The van der Waals surface area contributed by atoms with E-state index < -0.39 is 0 Å². The van der Waals surface area contributed by atoms with Crippen molar-refractivity contribution in [2.24, 2.45) is 0 Å². The minimum Gasteiger partial charge on any atom is -0.378 e. The number of nitrogens with zero attached hydrogens (tertiary/aromatic N) is 2. The van der Waals surface area contributed by atoms with Gasteiger partial charge in [0.1, 0.15) is 0 Å². The van der Waals surface area contributed by atoms with Crippen molar-refractivity contribution in [2.75, 3.05) is 20.2 Å². The molecule has 2 heterocycles. The van der Waals surface area contributed by atoms with Crippen LogP contribution in [0.5, 0.6) is 0 Å². The molecule has 0 bridgehead atoms. The number of nitrogens with one attached hydrogen (secondary N) is 1. The number of carbonyl (C=O) groups is 1. The van der Waals surface area contributed by atoms with Crippen molar-refractivity contribution in [3.63, 3.8) is 0 Å². The molecule has 0 aliphatic carbocycles. The highest BCUT2D eigenvalue weighted by Crippen LogP contribution is 2.18. The molecular formula is C15H25N3O2S. The number of aryl methyl sites for hydroxylation is 2. The van der Waals surface area contributed by atoms with Crippen LogP contribution in [0.4, 0.5) is 0 Å². The van der Waals surface area contributed by atoms with Gasteiger partial charge in [-0.15, -0.1) is 11.3 Å². The van der Waals surface area contributed by atoms with Crippen LogP contribution in [0, 0.1) is 13.8 Å². The van der Waals surface area contributed by atoms with Gasteiger partial charge in [0, 0.05) is 31.1 Å². The first-order chi connectivity index (χ1) is 9.90. The number of rotatable bonds is 5. The molecule has 1 aromatic heterocycles. The lowest BCUT2D eigenvalue weighted by Gasteiger charge is -2.19. The van der Waals surface area contributed by atoms with E-state index >= 15 is 0 Å². The number of thiazole rings is 1. The number of carbonyl (C=O) groups excluding carboxylic acids is 1. The molecule has 2 unspecified atom stereocenters. The van der Waals surface area contributed by atoms with Gasteiger partial charge in [-0.25, -0.2) is 4.98 Å². The average Bonchev–Trinajstić information content (AvgIpc) is 2.93. The van der Waals surface area contributed by atoms with E-state index in [-0.39, 0.29) is 18.1 Å². The number of hydrogen-bond donors (Lipinski definition) is 1. The summed E-state index contributed by atoms with van der Waals surface area (Å²) in [4.78, 5) is 20.1. The molecule has 1 saturated heterocycles. The third-order valence-corrected chi connectivity index (χ3v) is 4.93. The van der Waals surface area contributed by atoms with E-state index in [1.807, 2.05) is 13.8 Å². The van der Waals surface area contributed by atoms with Gasteiger partial charge in [-0.1, -0.05) is 0 Å². The molecule has 0 aromatic carbocycles. The molecule has 0 saturated carbocycles. The fourth-order valence-corrected chi connectivity index (χ4v) is 3.58. The normalized spacial score (nSPS) is 23.0. The summed E-state index contributed by atoms with van der Waals surface area (Å²) in [6.45, 7) is 10.0. The average molecular weight is 311 g/mol. The maximum Gasteiger partial charge on any atom is 0.226 e. The summed E-state index contributed by atoms with van der Waals surface area (Å²) < 4.78 is 5.51. The van der Waals surface area contributed by atoms with Crippen molar-refractivity contribution in [1.82, 2.24) is 15.2 Å². The largest absolute Gasteiger partial charge is 0.378 e. The quantitative estimate of drug-likeness (QED) is 0.896. The predicted molar refractivity (Wildman–Crippen MR) is 84.7 cm³/mol. The van der Waals surface area contributed by atoms with Crippen LogP contribution in [0.1, 0.15) is 29.4 Å². The summed E-state index contributed by atoms with van der Waals surface area (Å²) in [6, 6.07) is 0.526. The molecule has 21 heavy (non-hydrogen) atoms. The van der Waals surface area contributed by atoms with Gasteiger partial charge >= 0.3 is 0 Å². The fourth-order valence-electron chi connectivity index (χ4n) is 2.75. The summed E-state index contributed by atoms with van der Waals surface area (Å²) >= 11 is 1.64. The Morgan fingerprint density at radius 2 is 2.19 bits per heavy atom. The van der Waals surface area contributed by atoms with Gasteiger partial charge in [0.2, 0.25) is 5.91 Å². The highest BCUT2D eigenvalue weighted by Gasteiger charge is 2.34. The second kappa shape index (κ2) is 6.85. The van der Waals surface area contributed by atoms with E-state index in [0.29, 0.717) is 12.5 Å². The molecule has 1 N–H and O–H groups in total. The minimum absolute atomic E-state index is 0.0288. The SMILES string of the molecule is COC1CN(C(C)C)CC1NC(=O)Cc1nc(C)sc1C. The van der Waals surface area contributed by atoms with E-state index in [0.717, 1.165) is 28.7 Å². The van der Waals surface area contributed by atoms with Crippen LogP contribution in [-0.4, -0.2) is 54.2 Å². The maximum absolute atomic E-state index is 12.2. The molecule has 1 aromatic rings. The Morgan fingerprint density at radius 3 is 2.71 bits per heavy atom. The Hall–Kier alpha value is -0.980. The molecule has 0 radical (unpaired) electrons. The van der Waals surface area contributed by atoms with E-state index in [9.17, 15) is 4.79 Å². The van der Waals surface area contributed by atoms with Crippen LogP contribution >= 0.6 is 11.3 Å². The smallest absolute Gasteiger partial charge is 0.226 e. The molecule has 1 fully saturated rings. The van der Waals surface area contributed by atoms with Crippen molar-refractivity contribution in [3.05, 3.63) is 15.6 Å². The standard InChI is InChI=1S/C15H25N3O2S/c1-9(2)18-7-13(14(8-18)20-5)17-15(19)6-12-10(3)21-11(4)16-12/h9,13-14H,6-8H2,1-5H3,(H,17,19). The van der Waals surface area contributed by atoms with Gasteiger partial charge in [-0.3, -0.25) is 9.69 Å². The zero-order chi connectivity index (χ0) is 15.6. The van der Waals surface area contributed by atoms with Crippen LogP contribution in [0.2, 0.25) is 0 Å². The van der Waals surface area contributed by atoms with Crippen molar-refractivity contribution in [2.45, 2.75) is 52.3 Å². The van der Waals surface area contributed by atoms with Gasteiger partial charge in [-0.2, -0.15) is 0 Å². The maximum atomic E-state index is 12.2. The zero-order valence-electron chi connectivity index (χ0n) is 13.5. The molecule has 1 aliphatic rings. The zero-order valence-corrected chi connectivity index (χ0v) is 14.3. The lowest BCUT2D eigenvalue weighted by molar-refractivity contribution is -0.121. The van der Waals surface area contributed by atoms with Gasteiger partial charge in [-0.05, 0) is 27.7 Å². The van der Waals surface area contributed by atoms with Crippen molar-refractivity contribution in [3.8, 4) is 0 Å². The third-order valence-electron chi connectivity index (χ3n) is 4.00. The summed E-state index contributed by atoms with van der Waals surface area (Å²) in [5, 5.41) is 4.12. The summed E-state index contributed by atoms with van der Waals surface area (Å²) in [7, 11) is 1.71. The topological polar surface area (TPSA) is 54.5 Å². The lowest BCUT2D eigenvalue weighted by atomic mass is 10.2. The number of ether oxygens (including phenoxy) is 1. The number of amides is 1. The van der Waals surface area contributed by atoms with Crippen LogP contribution in [0.15, 0.2) is 0 Å². The first kappa shape index (κ1) is 16.4. The highest BCUT2D eigenvalue weighted by atomic mass is 32.1. The number of aromatic nitrogens is 1. The molecule has 5 nitrogen and oxygen atoms in total. The van der Waals surface area contributed by atoms with Crippen LogP contribution in [0.3, 0.4) is 0 Å². The summed E-state index contributed by atoms with van der Waals surface area (Å²) in [5.41, 5.74) is 0.891. The Balaban J connectivity index is 1.94. The highest BCUT2D eigenvalue weighted by molar-refractivity contribution is 7.11. The molecule has 1 aliphatic heterocycles. The van der Waals surface area contributed by atoms with E-state index in [4.69, 9.17) is 4.74 Å². The Kier molecular flexibility index (Phi) is 5.35. The molecular weight excluding hydrogens is 286 g/mol. The van der Waals surface area contributed by atoms with Gasteiger partial charge < -0.3 is 10.1 Å². The fraction of sp³-hybridized carbons (Fsp3) is 0.733. The number of likely N-dealkylation sites (tertiary alicyclic amines) is 1. The second-order valence-electron chi connectivity index (χ2n) is 5.91. The molecule has 1 amide bonds. The molecule has 6 heteroatoms. The molecule has 2 atom stereocenters. The second-order valence-corrected chi connectivity index (χ2v) is 7.32. The molecule has 2 rings (SSSR count). The predicted octanol–water partition coefficient (Wildman–Crippen LogP) is 1.53. The minimum atomic E-state index is 0.0288. The van der Waals surface area contributed by atoms with E-state index in [1.165, 1.54) is 0 Å². The van der Waals surface area contributed by atoms with Crippen molar-refractivity contribution < 1.29 is 9.53 Å². The van der Waals surface area contributed by atoms with Crippen LogP contribution in [0.25, 0.3) is 0 Å².